The first-order valence-corrected chi connectivity index (χ1v) is 8.89. The lowest BCUT2D eigenvalue weighted by Crippen LogP contribution is -2.33. The van der Waals surface area contributed by atoms with Crippen LogP contribution in [0.25, 0.3) is 0 Å². The Morgan fingerprint density at radius 3 is 2.31 bits per heavy atom. The summed E-state index contributed by atoms with van der Waals surface area (Å²) in [4.78, 5) is 14.6. The molecule has 3 rings (SSSR count). The molecule has 1 heterocycles. The van der Waals surface area contributed by atoms with Gasteiger partial charge in [0.1, 0.15) is 0 Å². The van der Waals surface area contributed by atoms with Gasteiger partial charge >= 0.3 is 0 Å². The lowest BCUT2D eigenvalue weighted by Gasteiger charge is -2.19. The van der Waals surface area contributed by atoms with E-state index >= 15 is 0 Å². The molecule has 3 unspecified atom stereocenters. The number of ether oxygens (including phenoxy) is 3. The van der Waals surface area contributed by atoms with Gasteiger partial charge in [0.25, 0.3) is 0 Å². The summed E-state index contributed by atoms with van der Waals surface area (Å²) < 4.78 is 16.1. The molecule has 3 atom stereocenters. The van der Waals surface area contributed by atoms with Crippen molar-refractivity contribution in [3.05, 3.63) is 17.7 Å². The molecule has 0 bridgehead atoms. The molecule has 1 aliphatic heterocycles. The minimum Gasteiger partial charge on any atom is -0.493 e. The number of amides is 1. The van der Waals surface area contributed by atoms with E-state index in [0.29, 0.717) is 41.9 Å². The van der Waals surface area contributed by atoms with Gasteiger partial charge in [-0.1, -0.05) is 0 Å². The summed E-state index contributed by atoms with van der Waals surface area (Å²) >= 11 is 0. The van der Waals surface area contributed by atoms with Gasteiger partial charge in [-0.3, -0.25) is 4.79 Å². The molecule has 146 valence electrons. The summed E-state index contributed by atoms with van der Waals surface area (Å²) in [7, 11) is 4.77. The SMILES string of the molecule is COc1cc(CCC(=O)N2CC3CCC(N)C3C2)cc(OC)c1OC.Cl. The highest BCUT2D eigenvalue weighted by Crippen LogP contribution is 2.39. The van der Waals surface area contributed by atoms with Gasteiger partial charge in [0.05, 0.1) is 21.3 Å². The van der Waals surface area contributed by atoms with Gasteiger partial charge in [0.2, 0.25) is 11.7 Å². The summed E-state index contributed by atoms with van der Waals surface area (Å²) in [6.07, 6.45) is 3.38. The van der Waals surface area contributed by atoms with Crippen molar-refractivity contribution in [1.29, 1.82) is 0 Å². The smallest absolute Gasteiger partial charge is 0.222 e. The third kappa shape index (κ3) is 4.01. The zero-order valence-corrected chi connectivity index (χ0v) is 16.5. The Kier molecular flexibility index (Phi) is 7.01. The summed E-state index contributed by atoms with van der Waals surface area (Å²) in [6.45, 7) is 1.69. The van der Waals surface area contributed by atoms with Crippen molar-refractivity contribution in [2.75, 3.05) is 34.4 Å². The number of rotatable bonds is 6. The molecule has 1 amide bonds. The molecule has 1 aromatic rings. The number of hydrogen-bond acceptors (Lipinski definition) is 5. The Hall–Kier alpha value is -1.66. The summed E-state index contributed by atoms with van der Waals surface area (Å²) in [5.41, 5.74) is 7.16. The van der Waals surface area contributed by atoms with E-state index in [0.717, 1.165) is 31.5 Å². The van der Waals surface area contributed by atoms with Crippen molar-refractivity contribution in [2.45, 2.75) is 31.7 Å². The lowest BCUT2D eigenvalue weighted by atomic mass is 9.98. The first-order valence-electron chi connectivity index (χ1n) is 8.89. The molecular formula is C19H29ClN2O4. The van der Waals surface area contributed by atoms with Gasteiger partial charge < -0.3 is 24.8 Å². The average Bonchev–Trinajstić information content (AvgIpc) is 3.20. The molecule has 0 aromatic heterocycles. The molecule has 2 fully saturated rings. The summed E-state index contributed by atoms with van der Waals surface area (Å²) in [5, 5.41) is 0. The fourth-order valence-electron chi connectivity index (χ4n) is 4.20. The number of benzene rings is 1. The quantitative estimate of drug-likeness (QED) is 0.814. The maximum Gasteiger partial charge on any atom is 0.222 e. The van der Waals surface area contributed by atoms with E-state index in [-0.39, 0.29) is 24.4 Å². The highest BCUT2D eigenvalue weighted by atomic mass is 35.5. The maximum absolute atomic E-state index is 12.6. The van der Waals surface area contributed by atoms with E-state index in [9.17, 15) is 4.79 Å². The van der Waals surface area contributed by atoms with Gasteiger partial charge in [0.15, 0.2) is 11.5 Å². The van der Waals surface area contributed by atoms with Crippen LogP contribution in [0.1, 0.15) is 24.8 Å². The molecule has 0 radical (unpaired) electrons. The standard InChI is InChI=1S/C19H28N2O4.ClH/c1-23-16-8-12(9-17(24-2)19(16)25-3)4-7-18(22)21-10-13-5-6-15(20)14(13)11-21;/h8-9,13-15H,4-7,10-11,20H2,1-3H3;1H. The highest BCUT2D eigenvalue weighted by molar-refractivity contribution is 5.85. The number of hydrogen-bond donors (Lipinski definition) is 1. The van der Waals surface area contributed by atoms with Crippen molar-refractivity contribution in [1.82, 2.24) is 4.90 Å². The van der Waals surface area contributed by atoms with Crippen LogP contribution in [0, 0.1) is 11.8 Å². The molecule has 2 aliphatic rings. The van der Waals surface area contributed by atoms with E-state index in [1.807, 2.05) is 17.0 Å². The van der Waals surface area contributed by atoms with Crippen LogP contribution in [-0.4, -0.2) is 51.3 Å². The Bertz CT molecular complexity index is 615. The molecular weight excluding hydrogens is 356 g/mol. The zero-order chi connectivity index (χ0) is 18.0. The van der Waals surface area contributed by atoms with Gasteiger partial charge in [-0.15, -0.1) is 12.4 Å². The van der Waals surface area contributed by atoms with Crippen LogP contribution in [0.2, 0.25) is 0 Å². The topological polar surface area (TPSA) is 74.0 Å². The summed E-state index contributed by atoms with van der Waals surface area (Å²) in [5.74, 6) is 3.10. The third-order valence-corrected chi connectivity index (χ3v) is 5.62. The van der Waals surface area contributed by atoms with Crippen LogP contribution < -0.4 is 19.9 Å². The molecule has 1 aromatic carbocycles. The number of aryl methyl sites for hydroxylation is 1. The number of halogens is 1. The second-order valence-electron chi connectivity index (χ2n) is 7.00. The normalized spacial score (nSPS) is 24.0. The molecule has 26 heavy (non-hydrogen) atoms. The summed E-state index contributed by atoms with van der Waals surface area (Å²) in [6, 6.07) is 4.07. The van der Waals surface area contributed by atoms with E-state index < -0.39 is 0 Å². The second kappa shape index (κ2) is 8.82. The molecule has 1 saturated carbocycles. The number of methoxy groups -OCH3 is 3. The lowest BCUT2D eigenvalue weighted by molar-refractivity contribution is -0.130. The van der Waals surface area contributed by atoms with Crippen molar-refractivity contribution in [2.24, 2.45) is 17.6 Å². The number of fused-ring (bicyclic) bond motifs is 1. The second-order valence-corrected chi connectivity index (χ2v) is 7.00. The van der Waals surface area contributed by atoms with Crippen LogP contribution in [0.5, 0.6) is 17.2 Å². The molecule has 6 nitrogen and oxygen atoms in total. The third-order valence-electron chi connectivity index (χ3n) is 5.62. The van der Waals surface area contributed by atoms with Crippen molar-refractivity contribution >= 4 is 18.3 Å². The van der Waals surface area contributed by atoms with Crippen molar-refractivity contribution in [3.8, 4) is 17.2 Å². The first kappa shape index (κ1) is 20.6. The zero-order valence-electron chi connectivity index (χ0n) is 15.7. The fourth-order valence-corrected chi connectivity index (χ4v) is 4.20. The maximum atomic E-state index is 12.6. The first-order chi connectivity index (χ1) is 12.1. The Morgan fingerprint density at radius 2 is 1.77 bits per heavy atom. The van der Waals surface area contributed by atoms with Crippen molar-refractivity contribution in [3.63, 3.8) is 0 Å². The van der Waals surface area contributed by atoms with Gasteiger partial charge in [-0.05, 0) is 48.8 Å². The van der Waals surface area contributed by atoms with Crippen molar-refractivity contribution < 1.29 is 19.0 Å². The molecule has 2 N–H and O–H groups in total. The number of nitrogens with zero attached hydrogens (tertiary/aromatic N) is 1. The number of carbonyl (C=O) groups excluding carboxylic acids is 1. The molecule has 0 spiro atoms. The Morgan fingerprint density at radius 1 is 1.12 bits per heavy atom. The van der Waals surface area contributed by atoms with Crippen LogP contribution in [0.3, 0.4) is 0 Å². The highest BCUT2D eigenvalue weighted by Gasteiger charge is 2.42. The minimum atomic E-state index is 0. The number of nitrogens with two attached hydrogens (primary N) is 1. The molecule has 1 saturated heterocycles. The largest absolute Gasteiger partial charge is 0.493 e. The number of likely N-dealkylation sites (tertiary alicyclic amines) is 1. The minimum absolute atomic E-state index is 0. The Labute approximate surface area is 161 Å². The van der Waals surface area contributed by atoms with Crippen LogP contribution >= 0.6 is 12.4 Å². The van der Waals surface area contributed by atoms with Gasteiger partial charge in [-0.2, -0.15) is 0 Å². The van der Waals surface area contributed by atoms with Crippen LogP contribution in [0.4, 0.5) is 0 Å². The monoisotopic (exact) mass is 384 g/mol. The molecule has 7 heteroatoms. The predicted molar refractivity (Wildman–Crippen MR) is 102 cm³/mol. The Balaban J connectivity index is 0.00000243. The number of carbonyl (C=O) groups is 1. The van der Waals surface area contributed by atoms with Gasteiger partial charge in [0, 0.05) is 25.6 Å². The van der Waals surface area contributed by atoms with Crippen LogP contribution in [-0.2, 0) is 11.2 Å². The van der Waals surface area contributed by atoms with Gasteiger partial charge in [-0.25, -0.2) is 0 Å². The van der Waals surface area contributed by atoms with E-state index in [1.165, 1.54) is 0 Å². The van der Waals surface area contributed by atoms with E-state index in [4.69, 9.17) is 19.9 Å². The van der Waals surface area contributed by atoms with E-state index in [1.54, 1.807) is 21.3 Å². The fraction of sp³-hybridized carbons (Fsp3) is 0.632. The molecule has 1 aliphatic carbocycles. The van der Waals surface area contributed by atoms with Crippen LogP contribution in [0.15, 0.2) is 12.1 Å². The predicted octanol–water partition coefficient (Wildman–Crippen LogP) is 2.26. The average molecular weight is 385 g/mol. The van der Waals surface area contributed by atoms with E-state index in [2.05, 4.69) is 0 Å².